The van der Waals surface area contributed by atoms with Gasteiger partial charge in [0.1, 0.15) is 5.75 Å². The van der Waals surface area contributed by atoms with Gasteiger partial charge in [-0.1, -0.05) is 0 Å². The van der Waals surface area contributed by atoms with Crippen molar-refractivity contribution in [1.29, 1.82) is 0 Å². The van der Waals surface area contributed by atoms with Crippen LogP contribution in [-0.2, 0) is 4.74 Å². The number of benzene rings is 1. The molecule has 5 nitrogen and oxygen atoms in total. The van der Waals surface area contributed by atoms with E-state index in [9.17, 15) is 4.79 Å². The third-order valence-corrected chi connectivity index (χ3v) is 3.30. The van der Waals surface area contributed by atoms with Crippen LogP contribution in [0.25, 0.3) is 0 Å². The number of rotatable bonds is 3. The molecule has 0 spiro atoms. The van der Waals surface area contributed by atoms with Gasteiger partial charge in [-0.3, -0.25) is 4.79 Å². The Kier molecular flexibility index (Phi) is 4.39. The van der Waals surface area contributed by atoms with Crippen molar-refractivity contribution < 1.29 is 14.3 Å². The summed E-state index contributed by atoms with van der Waals surface area (Å²) in [6.07, 6.45) is -0.0871. The number of hydrogen-bond acceptors (Lipinski definition) is 4. The van der Waals surface area contributed by atoms with Gasteiger partial charge >= 0.3 is 0 Å². The van der Waals surface area contributed by atoms with Crippen molar-refractivity contribution in [2.45, 2.75) is 19.1 Å². The first-order valence-corrected chi connectivity index (χ1v) is 6.42. The van der Waals surface area contributed by atoms with Gasteiger partial charge in [0.05, 0.1) is 19.8 Å². The van der Waals surface area contributed by atoms with E-state index < -0.39 is 0 Å². The van der Waals surface area contributed by atoms with Crippen LogP contribution in [0.2, 0.25) is 0 Å². The van der Waals surface area contributed by atoms with Crippen molar-refractivity contribution >= 4 is 5.91 Å². The molecule has 19 heavy (non-hydrogen) atoms. The molecule has 0 radical (unpaired) electrons. The Labute approximate surface area is 113 Å². The van der Waals surface area contributed by atoms with Crippen molar-refractivity contribution in [3.63, 3.8) is 0 Å². The third kappa shape index (κ3) is 3.24. The Balaban J connectivity index is 2.05. The van der Waals surface area contributed by atoms with Gasteiger partial charge in [0, 0.05) is 24.7 Å². The van der Waals surface area contributed by atoms with Gasteiger partial charge in [0.25, 0.3) is 5.91 Å². The highest BCUT2D eigenvalue weighted by Crippen LogP contribution is 2.15. The van der Waals surface area contributed by atoms with Crippen LogP contribution in [0, 0.1) is 0 Å². The lowest BCUT2D eigenvalue weighted by Gasteiger charge is -2.34. The molecular weight excluding hydrogens is 244 g/mol. The summed E-state index contributed by atoms with van der Waals surface area (Å²) in [7, 11) is 1.60. The standard InChI is InChI=1S/C14H20N2O3/c1-10(15)13-9-16(7-8-19-13)14(17)11-3-5-12(18-2)6-4-11/h3-6,10,13H,7-9,15H2,1-2H3. The van der Waals surface area contributed by atoms with Gasteiger partial charge in [0.2, 0.25) is 0 Å². The summed E-state index contributed by atoms with van der Waals surface area (Å²) in [5.74, 6) is 0.753. The van der Waals surface area contributed by atoms with Crippen molar-refractivity contribution in [2.24, 2.45) is 5.73 Å². The number of nitrogens with zero attached hydrogens (tertiary/aromatic N) is 1. The Bertz CT molecular complexity index is 431. The van der Waals surface area contributed by atoms with E-state index in [-0.39, 0.29) is 18.1 Å². The molecule has 2 atom stereocenters. The van der Waals surface area contributed by atoms with Crippen LogP contribution in [-0.4, -0.2) is 49.8 Å². The summed E-state index contributed by atoms with van der Waals surface area (Å²) in [4.78, 5) is 14.1. The maximum Gasteiger partial charge on any atom is 0.254 e. The minimum Gasteiger partial charge on any atom is -0.497 e. The summed E-state index contributed by atoms with van der Waals surface area (Å²) < 4.78 is 10.6. The number of amides is 1. The highest BCUT2D eigenvalue weighted by atomic mass is 16.5. The Morgan fingerprint density at radius 1 is 1.47 bits per heavy atom. The number of hydrogen-bond donors (Lipinski definition) is 1. The van der Waals surface area contributed by atoms with E-state index in [0.717, 1.165) is 5.75 Å². The van der Waals surface area contributed by atoms with Crippen LogP contribution in [0.15, 0.2) is 24.3 Å². The average molecular weight is 264 g/mol. The van der Waals surface area contributed by atoms with Crippen LogP contribution >= 0.6 is 0 Å². The van der Waals surface area contributed by atoms with Crippen LogP contribution < -0.4 is 10.5 Å². The molecule has 1 aromatic rings. The molecule has 0 saturated carbocycles. The largest absolute Gasteiger partial charge is 0.497 e. The molecule has 1 aromatic carbocycles. The van der Waals surface area contributed by atoms with Crippen molar-refractivity contribution in [3.05, 3.63) is 29.8 Å². The van der Waals surface area contributed by atoms with E-state index in [4.69, 9.17) is 15.2 Å². The fourth-order valence-corrected chi connectivity index (χ4v) is 2.09. The molecule has 0 aromatic heterocycles. The van der Waals surface area contributed by atoms with E-state index in [0.29, 0.717) is 25.3 Å². The molecule has 104 valence electrons. The normalized spacial score (nSPS) is 21.0. The molecule has 1 saturated heterocycles. The van der Waals surface area contributed by atoms with Gasteiger partial charge in [0.15, 0.2) is 0 Å². The minimum atomic E-state index is -0.0871. The molecule has 2 unspecified atom stereocenters. The lowest BCUT2D eigenvalue weighted by atomic mass is 10.1. The van der Waals surface area contributed by atoms with Crippen molar-refractivity contribution in [2.75, 3.05) is 26.8 Å². The number of morpholine rings is 1. The Morgan fingerprint density at radius 3 is 2.74 bits per heavy atom. The van der Waals surface area contributed by atoms with Crippen LogP contribution in [0.1, 0.15) is 17.3 Å². The van der Waals surface area contributed by atoms with Crippen molar-refractivity contribution in [3.8, 4) is 5.75 Å². The summed E-state index contributed by atoms with van der Waals surface area (Å²) in [5, 5.41) is 0. The first-order valence-electron chi connectivity index (χ1n) is 6.42. The van der Waals surface area contributed by atoms with Gasteiger partial charge in [-0.05, 0) is 31.2 Å². The lowest BCUT2D eigenvalue weighted by molar-refractivity contribution is -0.0300. The molecule has 1 aliphatic heterocycles. The first kappa shape index (κ1) is 13.8. The highest BCUT2D eigenvalue weighted by molar-refractivity contribution is 5.94. The highest BCUT2D eigenvalue weighted by Gasteiger charge is 2.27. The first-order chi connectivity index (χ1) is 9.11. The zero-order chi connectivity index (χ0) is 13.8. The van der Waals surface area contributed by atoms with Crippen LogP contribution in [0.4, 0.5) is 0 Å². The molecule has 1 heterocycles. The Hall–Kier alpha value is -1.59. The molecule has 0 bridgehead atoms. The molecular formula is C14H20N2O3. The second kappa shape index (κ2) is 6.04. The monoisotopic (exact) mass is 264 g/mol. The average Bonchev–Trinajstić information content (AvgIpc) is 2.46. The maximum absolute atomic E-state index is 12.4. The quantitative estimate of drug-likeness (QED) is 0.880. The zero-order valence-electron chi connectivity index (χ0n) is 11.3. The number of nitrogens with two attached hydrogens (primary N) is 1. The van der Waals surface area contributed by atoms with E-state index >= 15 is 0 Å². The summed E-state index contributed by atoms with van der Waals surface area (Å²) in [6, 6.07) is 7.05. The number of carbonyl (C=O) groups excluding carboxylic acids is 1. The van der Waals surface area contributed by atoms with E-state index in [1.54, 1.807) is 36.3 Å². The van der Waals surface area contributed by atoms with Crippen molar-refractivity contribution in [1.82, 2.24) is 4.90 Å². The fraction of sp³-hybridized carbons (Fsp3) is 0.500. The smallest absolute Gasteiger partial charge is 0.254 e. The van der Waals surface area contributed by atoms with Gasteiger partial charge < -0.3 is 20.1 Å². The maximum atomic E-state index is 12.4. The number of carbonyl (C=O) groups is 1. The van der Waals surface area contributed by atoms with E-state index in [1.165, 1.54) is 0 Å². The van der Waals surface area contributed by atoms with E-state index in [2.05, 4.69) is 0 Å². The van der Waals surface area contributed by atoms with E-state index in [1.807, 2.05) is 6.92 Å². The van der Waals surface area contributed by atoms with Crippen LogP contribution in [0.3, 0.4) is 0 Å². The number of ether oxygens (including phenoxy) is 2. The van der Waals surface area contributed by atoms with Crippen LogP contribution in [0.5, 0.6) is 5.75 Å². The predicted molar refractivity (Wildman–Crippen MR) is 72.3 cm³/mol. The molecule has 2 N–H and O–H groups in total. The number of methoxy groups -OCH3 is 1. The fourth-order valence-electron chi connectivity index (χ4n) is 2.09. The zero-order valence-corrected chi connectivity index (χ0v) is 11.3. The van der Waals surface area contributed by atoms with Gasteiger partial charge in [-0.2, -0.15) is 0 Å². The SMILES string of the molecule is COc1ccc(C(=O)N2CCOC(C(C)N)C2)cc1. The lowest BCUT2D eigenvalue weighted by Crippen LogP contribution is -2.51. The second-order valence-electron chi connectivity index (χ2n) is 4.75. The second-order valence-corrected chi connectivity index (χ2v) is 4.75. The third-order valence-electron chi connectivity index (χ3n) is 3.30. The molecule has 2 rings (SSSR count). The van der Waals surface area contributed by atoms with Gasteiger partial charge in [-0.15, -0.1) is 0 Å². The topological polar surface area (TPSA) is 64.8 Å². The molecule has 1 aliphatic rings. The summed E-state index contributed by atoms with van der Waals surface area (Å²) >= 11 is 0. The summed E-state index contributed by atoms with van der Waals surface area (Å²) in [5.41, 5.74) is 6.49. The predicted octanol–water partition coefficient (Wildman–Crippen LogP) is 0.883. The molecule has 5 heteroatoms. The van der Waals surface area contributed by atoms with Gasteiger partial charge in [-0.25, -0.2) is 0 Å². The molecule has 0 aliphatic carbocycles. The molecule has 1 amide bonds. The molecule has 1 fully saturated rings. The Morgan fingerprint density at radius 2 is 2.16 bits per heavy atom. The summed E-state index contributed by atoms with van der Waals surface area (Å²) in [6.45, 7) is 3.58. The minimum absolute atomic E-state index is 0.0107.